The molecule has 0 spiro atoms. The predicted octanol–water partition coefficient (Wildman–Crippen LogP) is 10.9. The molecule has 5 aromatic rings. The van der Waals surface area contributed by atoms with E-state index in [4.69, 9.17) is 39.8 Å². The van der Waals surface area contributed by atoms with Crippen molar-refractivity contribution in [3.05, 3.63) is 135 Å². The van der Waals surface area contributed by atoms with Crippen molar-refractivity contribution in [3.8, 4) is 0 Å². The van der Waals surface area contributed by atoms with Crippen molar-refractivity contribution in [1.82, 2.24) is 19.8 Å². The fourth-order valence-electron chi connectivity index (χ4n) is 7.89. The SMILES string of the molecule is C=CN(/C(=C(\C)c1ccccc1)c1c(C(=O)Nc2cccnc2N2CCC(N3CCCCC3=O)CC2)[nH]c2cc(Cl)ccc12)C(C)c1ccc(Cl)cc1Cl. The summed E-state index contributed by atoms with van der Waals surface area (Å²) in [6, 6.07) is 24.8. The molecule has 1 unspecified atom stereocenters. The molecule has 2 aliphatic rings. The molecular weight excluding hydrogens is 739 g/mol. The van der Waals surface area contributed by atoms with E-state index in [2.05, 4.69) is 31.6 Å². The van der Waals surface area contributed by atoms with Gasteiger partial charge in [0.25, 0.3) is 5.91 Å². The Labute approximate surface area is 331 Å². The van der Waals surface area contributed by atoms with E-state index in [0.29, 0.717) is 49.8 Å². The lowest BCUT2D eigenvalue weighted by molar-refractivity contribution is -0.136. The van der Waals surface area contributed by atoms with Gasteiger partial charge in [0.1, 0.15) is 5.69 Å². The quantitative estimate of drug-likeness (QED) is 0.147. The van der Waals surface area contributed by atoms with Gasteiger partial charge < -0.3 is 25.0 Å². The van der Waals surface area contributed by atoms with Gasteiger partial charge in [0.2, 0.25) is 5.91 Å². The molecule has 2 saturated heterocycles. The number of H-pyrrole nitrogens is 1. The van der Waals surface area contributed by atoms with Gasteiger partial charge in [-0.1, -0.05) is 83.8 Å². The zero-order chi connectivity index (χ0) is 37.9. The molecule has 2 aromatic heterocycles. The van der Waals surface area contributed by atoms with Crippen LogP contribution < -0.4 is 10.2 Å². The number of likely N-dealkylation sites (tertiary alicyclic amines) is 1. The molecule has 2 amide bonds. The summed E-state index contributed by atoms with van der Waals surface area (Å²) in [6.07, 6.45) is 7.89. The number of nitrogens with zero attached hydrogens (tertiary/aromatic N) is 4. The molecule has 7 rings (SSSR count). The van der Waals surface area contributed by atoms with E-state index in [1.54, 1.807) is 18.5 Å². The highest BCUT2D eigenvalue weighted by Crippen LogP contribution is 2.43. The lowest BCUT2D eigenvalue weighted by Crippen LogP contribution is -2.49. The number of pyridine rings is 1. The first-order chi connectivity index (χ1) is 26.1. The van der Waals surface area contributed by atoms with Gasteiger partial charge in [-0.25, -0.2) is 4.98 Å². The van der Waals surface area contributed by atoms with Crippen LogP contribution in [-0.4, -0.2) is 57.3 Å². The van der Waals surface area contributed by atoms with Gasteiger partial charge in [0.15, 0.2) is 5.82 Å². The van der Waals surface area contributed by atoms with Crippen LogP contribution >= 0.6 is 34.8 Å². The number of fused-ring (bicyclic) bond motifs is 1. The maximum Gasteiger partial charge on any atom is 0.272 e. The Morgan fingerprint density at radius 1 is 0.981 bits per heavy atom. The van der Waals surface area contributed by atoms with Crippen molar-refractivity contribution in [2.45, 2.75) is 58.0 Å². The van der Waals surface area contributed by atoms with Crippen molar-refractivity contribution >= 4 is 80.3 Å². The van der Waals surface area contributed by atoms with Crippen molar-refractivity contribution < 1.29 is 9.59 Å². The van der Waals surface area contributed by atoms with Crippen LogP contribution in [0.3, 0.4) is 0 Å². The molecule has 1 atom stereocenters. The van der Waals surface area contributed by atoms with E-state index >= 15 is 0 Å². The Kier molecular flexibility index (Phi) is 11.3. The minimum atomic E-state index is -0.333. The second-order valence-corrected chi connectivity index (χ2v) is 15.2. The highest BCUT2D eigenvalue weighted by Gasteiger charge is 2.32. The number of hydrogen-bond donors (Lipinski definition) is 2. The number of anilines is 2. The second kappa shape index (κ2) is 16.3. The third kappa shape index (κ3) is 7.61. The monoisotopic (exact) mass is 780 g/mol. The molecule has 4 heterocycles. The summed E-state index contributed by atoms with van der Waals surface area (Å²) >= 11 is 19.6. The Morgan fingerprint density at radius 2 is 1.72 bits per heavy atom. The van der Waals surface area contributed by atoms with Crippen LogP contribution in [0.2, 0.25) is 15.1 Å². The number of benzene rings is 3. The molecule has 2 N–H and O–H groups in total. The largest absolute Gasteiger partial charge is 0.355 e. The standard InChI is InChI=1S/C43H43Cl3N6O2/c1-4-51(28(3)33-17-15-30(44)25-35(33)46)41(27(2)29-11-6-5-7-12-29)39-34-18-16-31(45)26-37(34)48-40(39)43(54)49-36-13-10-21-47-42(36)50-23-19-32(20-24-50)52-22-9-8-14-38(52)53/h4-7,10-13,15-18,21,25-26,28,32,48H,1,8-9,14,19-20,22-24H2,2-3H3,(H,49,54)/b41-27+. The highest BCUT2D eigenvalue weighted by molar-refractivity contribution is 6.35. The van der Waals surface area contributed by atoms with E-state index in [1.165, 1.54) is 0 Å². The number of halogens is 3. The van der Waals surface area contributed by atoms with Gasteiger partial charge >= 0.3 is 0 Å². The van der Waals surface area contributed by atoms with Crippen LogP contribution in [0.4, 0.5) is 11.5 Å². The van der Waals surface area contributed by atoms with E-state index in [9.17, 15) is 9.59 Å². The normalized spacial score (nSPS) is 16.3. The lowest BCUT2D eigenvalue weighted by Gasteiger charge is -2.40. The highest BCUT2D eigenvalue weighted by atomic mass is 35.5. The average Bonchev–Trinajstić information content (AvgIpc) is 3.55. The zero-order valence-electron chi connectivity index (χ0n) is 30.4. The number of nitrogens with one attached hydrogen (secondary N) is 2. The lowest BCUT2D eigenvalue weighted by atomic mass is 9.95. The molecule has 278 valence electrons. The number of carbonyl (C=O) groups excluding carboxylic acids is 2. The van der Waals surface area contributed by atoms with E-state index in [1.807, 2.05) is 86.6 Å². The number of allylic oxidation sites excluding steroid dienone is 1. The van der Waals surface area contributed by atoms with Crippen LogP contribution in [0.1, 0.15) is 79.2 Å². The van der Waals surface area contributed by atoms with Crippen LogP contribution in [0, 0.1) is 0 Å². The Morgan fingerprint density at radius 3 is 2.44 bits per heavy atom. The Bertz CT molecular complexity index is 2230. The predicted molar refractivity (Wildman–Crippen MR) is 222 cm³/mol. The number of aromatic amines is 1. The molecule has 8 nitrogen and oxygen atoms in total. The van der Waals surface area contributed by atoms with Crippen molar-refractivity contribution in [3.63, 3.8) is 0 Å². The first-order valence-electron chi connectivity index (χ1n) is 18.4. The second-order valence-electron chi connectivity index (χ2n) is 13.9. The molecule has 0 saturated carbocycles. The number of rotatable bonds is 10. The van der Waals surface area contributed by atoms with E-state index in [-0.39, 0.29) is 23.9 Å². The summed E-state index contributed by atoms with van der Waals surface area (Å²) in [6.45, 7) is 10.6. The zero-order valence-corrected chi connectivity index (χ0v) is 32.7. The number of hydrogen-bond acceptors (Lipinski definition) is 5. The van der Waals surface area contributed by atoms with Crippen LogP contribution in [0.25, 0.3) is 22.2 Å². The van der Waals surface area contributed by atoms with Crippen LogP contribution in [-0.2, 0) is 4.79 Å². The molecular formula is C43H43Cl3N6O2. The number of carbonyl (C=O) groups is 2. The third-order valence-corrected chi connectivity index (χ3v) is 11.5. The topological polar surface area (TPSA) is 84.6 Å². The van der Waals surface area contributed by atoms with Crippen molar-refractivity contribution in [1.29, 1.82) is 0 Å². The minimum Gasteiger partial charge on any atom is -0.355 e. The smallest absolute Gasteiger partial charge is 0.272 e. The summed E-state index contributed by atoms with van der Waals surface area (Å²) in [5.74, 6) is 0.627. The Balaban J connectivity index is 1.29. The molecule has 54 heavy (non-hydrogen) atoms. The first-order valence-corrected chi connectivity index (χ1v) is 19.5. The Hall–Kier alpha value is -4.76. The van der Waals surface area contributed by atoms with E-state index < -0.39 is 0 Å². The number of aromatic nitrogens is 2. The maximum atomic E-state index is 14.8. The van der Waals surface area contributed by atoms with Gasteiger partial charge in [-0.3, -0.25) is 9.59 Å². The van der Waals surface area contributed by atoms with Gasteiger partial charge in [-0.2, -0.15) is 0 Å². The van der Waals surface area contributed by atoms with Gasteiger partial charge in [0.05, 0.1) is 17.4 Å². The molecule has 3 aromatic carbocycles. The summed E-state index contributed by atoms with van der Waals surface area (Å²) in [7, 11) is 0. The van der Waals surface area contributed by atoms with Gasteiger partial charge in [0, 0.05) is 69.8 Å². The number of piperidine rings is 2. The summed E-state index contributed by atoms with van der Waals surface area (Å²) < 4.78 is 0. The summed E-state index contributed by atoms with van der Waals surface area (Å²) in [5, 5.41) is 5.64. The third-order valence-electron chi connectivity index (χ3n) is 10.7. The van der Waals surface area contributed by atoms with Crippen molar-refractivity contribution in [2.24, 2.45) is 0 Å². The molecule has 0 bridgehead atoms. The van der Waals surface area contributed by atoms with E-state index in [0.717, 1.165) is 73.1 Å². The first kappa shape index (κ1) is 37.6. The van der Waals surface area contributed by atoms with Crippen LogP contribution in [0.15, 0.2) is 97.8 Å². The molecule has 11 heteroatoms. The summed E-state index contributed by atoms with van der Waals surface area (Å²) in [4.78, 5) is 41.9. The molecule has 2 aliphatic heterocycles. The van der Waals surface area contributed by atoms with Crippen molar-refractivity contribution in [2.75, 3.05) is 29.9 Å². The van der Waals surface area contributed by atoms with Gasteiger partial charge in [-0.05, 0) is 98.8 Å². The fourth-order valence-corrected chi connectivity index (χ4v) is 8.63. The molecule has 0 radical (unpaired) electrons. The minimum absolute atomic E-state index is 0.229. The molecule has 0 aliphatic carbocycles. The molecule has 2 fully saturated rings. The van der Waals surface area contributed by atoms with Crippen LogP contribution in [0.5, 0.6) is 0 Å². The summed E-state index contributed by atoms with van der Waals surface area (Å²) in [5.41, 5.74) is 5.89. The average molecular weight is 782 g/mol. The number of amides is 2. The van der Waals surface area contributed by atoms with Gasteiger partial charge in [-0.15, -0.1) is 0 Å². The fraction of sp³-hybridized carbons (Fsp3) is 0.279. The maximum absolute atomic E-state index is 14.8.